The second kappa shape index (κ2) is 9.71. The molecule has 4 rings (SSSR count). The minimum atomic E-state index is -0.807. The number of ether oxygens (including phenoxy) is 1. The molecule has 0 bridgehead atoms. The monoisotopic (exact) mass is 480 g/mol. The summed E-state index contributed by atoms with van der Waals surface area (Å²) >= 11 is 0.962. The zero-order valence-corrected chi connectivity index (χ0v) is 18.5. The first-order chi connectivity index (χ1) is 16.4. The Bertz CT molecular complexity index is 1470. The molecule has 3 aromatic carbocycles. The lowest BCUT2D eigenvalue weighted by molar-refractivity contribution is -0.384. The normalized spacial score (nSPS) is 10.8. The topological polar surface area (TPSA) is 116 Å². The Balaban J connectivity index is 1.68. The minimum Gasteiger partial charge on any atom is -0.495 e. The van der Waals surface area contributed by atoms with Crippen molar-refractivity contribution in [2.24, 2.45) is 0 Å². The van der Waals surface area contributed by atoms with E-state index in [2.05, 4.69) is 10.3 Å². The van der Waals surface area contributed by atoms with Crippen molar-refractivity contribution in [3.8, 4) is 11.4 Å². The van der Waals surface area contributed by atoms with Gasteiger partial charge < -0.3 is 10.1 Å². The Labute approximate surface area is 196 Å². The van der Waals surface area contributed by atoms with Crippen molar-refractivity contribution in [3.63, 3.8) is 0 Å². The number of halogens is 1. The van der Waals surface area contributed by atoms with E-state index in [4.69, 9.17) is 4.74 Å². The first-order valence-electron chi connectivity index (χ1n) is 9.91. The average Bonchev–Trinajstić information content (AvgIpc) is 2.84. The van der Waals surface area contributed by atoms with Gasteiger partial charge >= 0.3 is 0 Å². The molecule has 0 spiro atoms. The van der Waals surface area contributed by atoms with Crippen LogP contribution in [-0.4, -0.2) is 33.2 Å². The number of amides is 1. The highest BCUT2D eigenvalue weighted by Gasteiger charge is 2.18. The van der Waals surface area contributed by atoms with Crippen LogP contribution in [0.3, 0.4) is 0 Å². The number of hydrogen-bond donors (Lipinski definition) is 1. The maximum atomic E-state index is 14.0. The quantitative estimate of drug-likeness (QED) is 0.183. The Morgan fingerprint density at radius 3 is 2.68 bits per heavy atom. The maximum absolute atomic E-state index is 14.0. The van der Waals surface area contributed by atoms with Crippen molar-refractivity contribution in [2.75, 3.05) is 18.2 Å². The van der Waals surface area contributed by atoms with Gasteiger partial charge in [0, 0.05) is 12.1 Å². The molecule has 9 nitrogen and oxygen atoms in total. The predicted molar refractivity (Wildman–Crippen MR) is 126 cm³/mol. The molecule has 0 aliphatic heterocycles. The molecule has 0 unspecified atom stereocenters. The van der Waals surface area contributed by atoms with E-state index in [1.807, 2.05) is 0 Å². The van der Waals surface area contributed by atoms with Gasteiger partial charge in [-0.1, -0.05) is 36.0 Å². The molecule has 0 radical (unpaired) electrons. The lowest BCUT2D eigenvalue weighted by atomic mass is 10.2. The van der Waals surface area contributed by atoms with Crippen LogP contribution in [0.4, 0.5) is 15.8 Å². The lowest BCUT2D eigenvalue weighted by Gasteiger charge is -2.15. The van der Waals surface area contributed by atoms with Crippen molar-refractivity contribution in [1.29, 1.82) is 0 Å². The molecule has 11 heteroatoms. The Kier molecular flexibility index (Phi) is 6.55. The van der Waals surface area contributed by atoms with E-state index in [-0.39, 0.29) is 27.8 Å². The number of aromatic nitrogens is 2. The predicted octanol–water partition coefficient (Wildman–Crippen LogP) is 4.17. The summed E-state index contributed by atoms with van der Waals surface area (Å²) in [5.74, 6) is -1.23. The van der Waals surface area contributed by atoms with Gasteiger partial charge in [-0.3, -0.25) is 24.3 Å². The second-order valence-corrected chi connectivity index (χ2v) is 7.92. The van der Waals surface area contributed by atoms with Gasteiger partial charge in [0.15, 0.2) is 5.16 Å². The van der Waals surface area contributed by atoms with Crippen LogP contribution in [0, 0.1) is 15.9 Å². The number of nitro groups is 1. The molecular formula is C23H17FN4O5S. The highest BCUT2D eigenvalue weighted by molar-refractivity contribution is 7.99. The van der Waals surface area contributed by atoms with Gasteiger partial charge in [0.25, 0.3) is 11.2 Å². The van der Waals surface area contributed by atoms with Crippen LogP contribution in [0.1, 0.15) is 0 Å². The molecule has 34 heavy (non-hydrogen) atoms. The summed E-state index contributed by atoms with van der Waals surface area (Å²) in [4.78, 5) is 40.7. The fourth-order valence-electron chi connectivity index (χ4n) is 3.28. The van der Waals surface area contributed by atoms with Crippen LogP contribution in [0.25, 0.3) is 16.6 Å². The van der Waals surface area contributed by atoms with Crippen molar-refractivity contribution >= 4 is 39.9 Å². The van der Waals surface area contributed by atoms with Crippen molar-refractivity contribution in [2.45, 2.75) is 5.16 Å². The molecule has 1 heterocycles. The standard InChI is InChI=1S/C23H17FN4O5S/c1-33-20-9-5-4-8-19(20)27-22(30)15-6-2-3-7-17(15)26-23(27)34-13-21(29)25-18-12-14(28(31)32)10-11-16(18)24/h2-12H,13H2,1H3,(H,25,29). The molecule has 4 aromatic rings. The highest BCUT2D eigenvalue weighted by Crippen LogP contribution is 2.27. The number of nitro benzene ring substituents is 1. The number of para-hydroxylation sites is 3. The van der Waals surface area contributed by atoms with Crippen LogP contribution in [0.2, 0.25) is 0 Å². The number of hydrogen-bond acceptors (Lipinski definition) is 7. The first kappa shape index (κ1) is 22.9. The van der Waals surface area contributed by atoms with Gasteiger partial charge in [0.2, 0.25) is 5.91 Å². The third kappa shape index (κ3) is 4.59. The third-order valence-electron chi connectivity index (χ3n) is 4.84. The summed E-state index contributed by atoms with van der Waals surface area (Å²) in [6.07, 6.45) is 0. The largest absolute Gasteiger partial charge is 0.495 e. The SMILES string of the molecule is COc1ccccc1-n1c(SCC(=O)Nc2cc([N+](=O)[O-])ccc2F)nc2ccccc2c1=O. The number of thioether (sulfide) groups is 1. The van der Waals surface area contributed by atoms with Gasteiger partial charge in [-0.15, -0.1) is 0 Å². The molecule has 0 aliphatic carbocycles. The summed E-state index contributed by atoms with van der Waals surface area (Å²) < 4.78 is 20.8. The fraction of sp³-hybridized carbons (Fsp3) is 0.0870. The molecule has 0 fully saturated rings. The van der Waals surface area contributed by atoms with Gasteiger partial charge in [-0.25, -0.2) is 9.37 Å². The minimum absolute atomic E-state index is 0.225. The van der Waals surface area contributed by atoms with E-state index in [9.17, 15) is 24.1 Å². The van der Waals surface area contributed by atoms with E-state index < -0.39 is 16.6 Å². The number of nitrogens with one attached hydrogen (secondary N) is 1. The second-order valence-electron chi connectivity index (χ2n) is 6.98. The smallest absolute Gasteiger partial charge is 0.271 e. The molecule has 0 saturated carbocycles. The number of nitrogens with zero attached hydrogens (tertiary/aromatic N) is 3. The van der Waals surface area contributed by atoms with Crippen LogP contribution in [-0.2, 0) is 4.79 Å². The number of fused-ring (bicyclic) bond motifs is 1. The number of carbonyl (C=O) groups is 1. The van der Waals surface area contributed by atoms with Crippen LogP contribution in [0.5, 0.6) is 5.75 Å². The van der Waals surface area contributed by atoms with Crippen molar-refractivity contribution in [3.05, 3.63) is 93.0 Å². The molecule has 1 amide bonds. The van der Waals surface area contributed by atoms with E-state index in [0.717, 1.165) is 30.0 Å². The number of carbonyl (C=O) groups excluding carboxylic acids is 1. The number of anilines is 1. The molecule has 0 aliphatic rings. The lowest BCUT2D eigenvalue weighted by Crippen LogP contribution is -2.23. The summed E-state index contributed by atoms with van der Waals surface area (Å²) in [5.41, 5.74) is -0.117. The van der Waals surface area contributed by atoms with E-state index in [0.29, 0.717) is 22.3 Å². The van der Waals surface area contributed by atoms with E-state index in [1.165, 1.54) is 11.7 Å². The molecular weight excluding hydrogens is 463 g/mol. The number of non-ortho nitro benzene ring substituents is 1. The van der Waals surface area contributed by atoms with E-state index >= 15 is 0 Å². The van der Waals surface area contributed by atoms with Crippen LogP contribution in [0.15, 0.2) is 76.7 Å². The first-order valence-corrected chi connectivity index (χ1v) is 10.9. The zero-order valence-electron chi connectivity index (χ0n) is 17.7. The Morgan fingerprint density at radius 1 is 1.18 bits per heavy atom. The highest BCUT2D eigenvalue weighted by atomic mass is 32.2. The Hall–Kier alpha value is -4.25. The van der Waals surface area contributed by atoms with Crippen molar-refractivity contribution < 1.29 is 18.8 Å². The van der Waals surface area contributed by atoms with Crippen molar-refractivity contribution in [1.82, 2.24) is 9.55 Å². The van der Waals surface area contributed by atoms with Crippen LogP contribution >= 0.6 is 11.8 Å². The van der Waals surface area contributed by atoms with Gasteiger partial charge in [0.05, 0.1) is 40.1 Å². The Morgan fingerprint density at radius 2 is 1.91 bits per heavy atom. The van der Waals surface area contributed by atoms with Gasteiger partial charge in [-0.2, -0.15) is 0 Å². The summed E-state index contributed by atoms with van der Waals surface area (Å²) in [6, 6.07) is 16.6. The molecule has 0 atom stereocenters. The zero-order chi connectivity index (χ0) is 24.2. The van der Waals surface area contributed by atoms with Gasteiger partial charge in [0.1, 0.15) is 11.6 Å². The fourth-order valence-corrected chi connectivity index (χ4v) is 4.08. The van der Waals surface area contributed by atoms with Crippen LogP contribution < -0.4 is 15.6 Å². The molecule has 172 valence electrons. The summed E-state index contributed by atoms with van der Waals surface area (Å²) in [5, 5.41) is 13.9. The number of methoxy groups -OCH3 is 1. The van der Waals surface area contributed by atoms with E-state index in [1.54, 1.807) is 48.5 Å². The summed E-state index contributed by atoms with van der Waals surface area (Å²) in [6.45, 7) is 0. The average molecular weight is 480 g/mol. The molecule has 1 N–H and O–H groups in total. The third-order valence-corrected chi connectivity index (χ3v) is 5.78. The molecule has 0 saturated heterocycles. The van der Waals surface area contributed by atoms with Gasteiger partial charge in [-0.05, 0) is 30.3 Å². The molecule has 1 aromatic heterocycles. The summed E-state index contributed by atoms with van der Waals surface area (Å²) in [7, 11) is 1.48. The number of rotatable bonds is 7. The maximum Gasteiger partial charge on any atom is 0.271 e. The number of benzene rings is 3.